The molecule has 1 atom stereocenters. The minimum atomic E-state index is -0.0234. The maximum atomic E-state index is 12.3. The zero-order valence-corrected chi connectivity index (χ0v) is 10.9. The van der Waals surface area contributed by atoms with Crippen LogP contribution in [0.5, 0.6) is 5.75 Å². The maximum absolute atomic E-state index is 12.3. The molecule has 1 aliphatic rings. The van der Waals surface area contributed by atoms with Gasteiger partial charge in [-0.05, 0) is 25.5 Å². The first kappa shape index (κ1) is 12.9. The number of nitrogens with zero attached hydrogens (tertiary/aromatic N) is 1. The fraction of sp³-hybridized carbons (Fsp3) is 0.500. The highest BCUT2D eigenvalue weighted by Crippen LogP contribution is 2.29. The third-order valence-electron chi connectivity index (χ3n) is 3.14. The Morgan fingerprint density at radius 1 is 1.50 bits per heavy atom. The third-order valence-corrected chi connectivity index (χ3v) is 3.14. The first-order chi connectivity index (χ1) is 8.74. The standard InChI is InChI=1S/C14H19NO3/c1-3-18-13-7-5-4-6-12(13)15(2)14(16)11-8-9-17-10-11/h4-7,11H,3,8-10H2,1-2H3/t11-/m0/s1. The van der Waals surface area contributed by atoms with Gasteiger partial charge in [-0.2, -0.15) is 0 Å². The van der Waals surface area contributed by atoms with Crippen molar-refractivity contribution in [2.24, 2.45) is 5.92 Å². The Morgan fingerprint density at radius 2 is 2.28 bits per heavy atom. The van der Waals surface area contributed by atoms with Crippen molar-refractivity contribution in [3.05, 3.63) is 24.3 Å². The Kier molecular flexibility index (Phi) is 4.20. The average molecular weight is 249 g/mol. The van der Waals surface area contributed by atoms with Gasteiger partial charge in [0, 0.05) is 13.7 Å². The van der Waals surface area contributed by atoms with E-state index in [1.165, 1.54) is 0 Å². The highest BCUT2D eigenvalue weighted by atomic mass is 16.5. The van der Waals surface area contributed by atoms with E-state index >= 15 is 0 Å². The molecule has 4 nitrogen and oxygen atoms in total. The molecule has 0 N–H and O–H groups in total. The molecule has 0 bridgehead atoms. The van der Waals surface area contributed by atoms with E-state index in [4.69, 9.17) is 9.47 Å². The molecule has 1 aliphatic heterocycles. The minimum absolute atomic E-state index is 0.0234. The molecular formula is C14H19NO3. The van der Waals surface area contributed by atoms with E-state index in [1.54, 1.807) is 11.9 Å². The van der Waals surface area contributed by atoms with Crippen LogP contribution in [0.2, 0.25) is 0 Å². The lowest BCUT2D eigenvalue weighted by atomic mass is 10.1. The molecule has 4 heteroatoms. The highest BCUT2D eigenvalue weighted by Gasteiger charge is 2.27. The van der Waals surface area contributed by atoms with Gasteiger partial charge in [-0.25, -0.2) is 0 Å². The van der Waals surface area contributed by atoms with Crippen LogP contribution in [0.1, 0.15) is 13.3 Å². The normalized spacial score (nSPS) is 18.7. The number of carbonyl (C=O) groups excluding carboxylic acids is 1. The van der Waals surface area contributed by atoms with Gasteiger partial charge in [0.15, 0.2) is 0 Å². The van der Waals surface area contributed by atoms with Crippen molar-refractivity contribution in [2.45, 2.75) is 13.3 Å². The highest BCUT2D eigenvalue weighted by molar-refractivity contribution is 5.96. The quantitative estimate of drug-likeness (QED) is 0.820. The average Bonchev–Trinajstić information content (AvgIpc) is 2.92. The minimum Gasteiger partial charge on any atom is -0.492 e. The molecule has 0 unspecified atom stereocenters. The largest absolute Gasteiger partial charge is 0.492 e. The zero-order valence-electron chi connectivity index (χ0n) is 10.9. The van der Waals surface area contributed by atoms with E-state index in [2.05, 4.69) is 0 Å². The van der Waals surface area contributed by atoms with Crippen molar-refractivity contribution in [3.8, 4) is 5.75 Å². The molecule has 0 spiro atoms. The van der Waals surface area contributed by atoms with Crippen LogP contribution in [0.4, 0.5) is 5.69 Å². The van der Waals surface area contributed by atoms with Crippen LogP contribution in [-0.4, -0.2) is 32.8 Å². The fourth-order valence-electron chi connectivity index (χ4n) is 2.13. The molecule has 0 radical (unpaired) electrons. The number of hydrogen-bond donors (Lipinski definition) is 0. The Morgan fingerprint density at radius 3 is 2.94 bits per heavy atom. The molecule has 98 valence electrons. The molecule has 1 fully saturated rings. The van der Waals surface area contributed by atoms with Gasteiger partial charge in [0.1, 0.15) is 5.75 Å². The van der Waals surface area contributed by atoms with Gasteiger partial charge in [0.05, 0.1) is 24.8 Å². The maximum Gasteiger partial charge on any atom is 0.232 e. The summed E-state index contributed by atoms with van der Waals surface area (Å²) in [5.41, 5.74) is 0.816. The van der Waals surface area contributed by atoms with Crippen LogP contribution in [0, 0.1) is 5.92 Å². The molecule has 2 rings (SSSR count). The van der Waals surface area contributed by atoms with Crippen molar-refractivity contribution in [1.29, 1.82) is 0 Å². The number of ether oxygens (including phenoxy) is 2. The van der Waals surface area contributed by atoms with E-state index in [1.807, 2.05) is 31.2 Å². The second-order valence-electron chi connectivity index (χ2n) is 4.36. The third kappa shape index (κ3) is 2.64. The Balaban J connectivity index is 2.16. The predicted octanol–water partition coefficient (Wildman–Crippen LogP) is 2.08. The molecule has 0 aromatic heterocycles. The monoisotopic (exact) mass is 249 g/mol. The number of para-hydroxylation sites is 2. The molecular weight excluding hydrogens is 230 g/mol. The van der Waals surface area contributed by atoms with E-state index in [-0.39, 0.29) is 11.8 Å². The lowest BCUT2D eigenvalue weighted by Gasteiger charge is -2.22. The van der Waals surface area contributed by atoms with Gasteiger partial charge in [0.2, 0.25) is 5.91 Å². The summed E-state index contributed by atoms with van der Waals surface area (Å²) in [6, 6.07) is 7.60. The fourth-order valence-corrected chi connectivity index (χ4v) is 2.13. The van der Waals surface area contributed by atoms with Crippen molar-refractivity contribution < 1.29 is 14.3 Å². The van der Waals surface area contributed by atoms with Gasteiger partial charge < -0.3 is 14.4 Å². The second-order valence-corrected chi connectivity index (χ2v) is 4.36. The number of benzene rings is 1. The van der Waals surface area contributed by atoms with E-state index in [9.17, 15) is 4.79 Å². The molecule has 1 aromatic carbocycles. The van der Waals surface area contributed by atoms with Crippen LogP contribution in [-0.2, 0) is 9.53 Å². The van der Waals surface area contributed by atoms with Crippen LogP contribution in [0.25, 0.3) is 0 Å². The summed E-state index contributed by atoms with van der Waals surface area (Å²) in [5.74, 6) is 0.819. The van der Waals surface area contributed by atoms with E-state index in [0.29, 0.717) is 19.8 Å². The summed E-state index contributed by atoms with van der Waals surface area (Å²) in [6.07, 6.45) is 0.806. The van der Waals surface area contributed by atoms with Crippen LogP contribution in [0.3, 0.4) is 0 Å². The molecule has 1 saturated heterocycles. The smallest absolute Gasteiger partial charge is 0.232 e. The second kappa shape index (κ2) is 5.87. The first-order valence-corrected chi connectivity index (χ1v) is 6.31. The number of anilines is 1. The van der Waals surface area contributed by atoms with Gasteiger partial charge in [-0.3, -0.25) is 4.79 Å². The van der Waals surface area contributed by atoms with Gasteiger partial charge in [-0.15, -0.1) is 0 Å². The molecule has 1 amide bonds. The zero-order chi connectivity index (χ0) is 13.0. The van der Waals surface area contributed by atoms with Crippen molar-refractivity contribution in [2.75, 3.05) is 31.8 Å². The summed E-state index contributed by atoms with van der Waals surface area (Å²) >= 11 is 0. The number of hydrogen-bond acceptors (Lipinski definition) is 3. The van der Waals surface area contributed by atoms with Crippen LogP contribution in [0.15, 0.2) is 24.3 Å². The van der Waals surface area contributed by atoms with Crippen LogP contribution < -0.4 is 9.64 Å². The van der Waals surface area contributed by atoms with Crippen LogP contribution >= 0.6 is 0 Å². The number of rotatable bonds is 4. The SMILES string of the molecule is CCOc1ccccc1N(C)C(=O)[C@H]1CCOC1. The lowest BCUT2D eigenvalue weighted by molar-refractivity contribution is -0.122. The molecule has 0 aliphatic carbocycles. The summed E-state index contributed by atoms with van der Waals surface area (Å²) in [5, 5.41) is 0. The summed E-state index contributed by atoms with van der Waals surface area (Å²) in [4.78, 5) is 14.0. The topological polar surface area (TPSA) is 38.8 Å². The molecule has 18 heavy (non-hydrogen) atoms. The van der Waals surface area contributed by atoms with E-state index in [0.717, 1.165) is 17.9 Å². The lowest BCUT2D eigenvalue weighted by Crippen LogP contribution is -2.33. The van der Waals surface area contributed by atoms with Crippen molar-refractivity contribution in [3.63, 3.8) is 0 Å². The van der Waals surface area contributed by atoms with Crippen molar-refractivity contribution in [1.82, 2.24) is 0 Å². The Hall–Kier alpha value is -1.55. The first-order valence-electron chi connectivity index (χ1n) is 6.31. The molecule has 1 aromatic rings. The van der Waals surface area contributed by atoms with E-state index < -0.39 is 0 Å². The van der Waals surface area contributed by atoms with Gasteiger partial charge in [-0.1, -0.05) is 12.1 Å². The van der Waals surface area contributed by atoms with Gasteiger partial charge >= 0.3 is 0 Å². The Bertz CT molecular complexity index is 413. The number of amides is 1. The predicted molar refractivity (Wildman–Crippen MR) is 69.9 cm³/mol. The Labute approximate surface area is 107 Å². The summed E-state index contributed by atoms with van der Waals surface area (Å²) in [6.45, 7) is 3.73. The number of carbonyl (C=O) groups is 1. The molecule has 1 heterocycles. The summed E-state index contributed by atoms with van der Waals surface area (Å²) < 4.78 is 10.8. The van der Waals surface area contributed by atoms with Gasteiger partial charge in [0.25, 0.3) is 0 Å². The molecule has 0 saturated carbocycles. The van der Waals surface area contributed by atoms with Crippen molar-refractivity contribution >= 4 is 11.6 Å². The summed E-state index contributed by atoms with van der Waals surface area (Å²) in [7, 11) is 1.79.